The number of nitrogens with one attached hydrogen (secondary N) is 2. The lowest BCUT2D eigenvalue weighted by Crippen LogP contribution is -2.37. The molecule has 4 aromatic rings. The fourth-order valence-corrected chi connectivity index (χ4v) is 3.43. The van der Waals surface area contributed by atoms with Crippen LogP contribution in [0, 0.1) is 0 Å². The smallest absolute Gasteiger partial charge is 0.141 e. The largest absolute Gasteiger partial charge is 0.456 e. The van der Waals surface area contributed by atoms with Crippen LogP contribution >= 0.6 is 11.6 Å². The maximum Gasteiger partial charge on any atom is 0.141 e. The third-order valence-corrected chi connectivity index (χ3v) is 4.62. The van der Waals surface area contributed by atoms with E-state index in [2.05, 4.69) is 47.0 Å². The lowest BCUT2D eigenvalue weighted by molar-refractivity contribution is 0.431. The Bertz CT molecular complexity index is 1010. The van der Waals surface area contributed by atoms with Crippen LogP contribution in [0.5, 0.6) is 0 Å². The number of furan rings is 1. The topological polar surface area (TPSA) is 37.2 Å². The lowest BCUT2D eigenvalue weighted by Gasteiger charge is -2.22. The van der Waals surface area contributed by atoms with E-state index in [1.807, 2.05) is 43.3 Å². The number of benzene rings is 3. The number of fused-ring (bicyclic) bond motifs is 3. The Morgan fingerprint density at radius 3 is 2.42 bits per heavy atom. The van der Waals surface area contributed by atoms with E-state index in [1.165, 1.54) is 5.56 Å². The summed E-state index contributed by atoms with van der Waals surface area (Å²) in [5.74, 6) is 0. The number of hydrogen-bond donors (Lipinski definition) is 2. The molecule has 2 unspecified atom stereocenters. The molecule has 1 aromatic heterocycles. The molecule has 0 saturated heterocycles. The first-order chi connectivity index (χ1) is 12.7. The van der Waals surface area contributed by atoms with Crippen molar-refractivity contribution in [1.29, 1.82) is 0 Å². The molecule has 0 aliphatic heterocycles. The fourth-order valence-electron chi connectivity index (χ4n) is 3.30. The third kappa shape index (κ3) is 3.47. The zero-order chi connectivity index (χ0) is 17.9. The van der Waals surface area contributed by atoms with Gasteiger partial charge in [-0.05, 0) is 18.6 Å². The molecular formula is C22H21ClN2O. The van der Waals surface area contributed by atoms with Crippen LogP contribution in [0.4, 0.5) is 0 Å². The molecular weight excluding hydrogens is 344 g/mol. The Morgan fingerprint density at radius 1 is 0.885 bits per heavy atom. The second kappa shape index (κ2) is 7.50. The van der Waals surface area contributed by atoms with Crippen LogP contribution in [-0.2, 0) is 6.54 Å². The van der Waals surface area contributed by atoms with Gasteiger partial charge in [0, 0.05) is 22.9 Å². The molecule has 3 aromatic carbocycles. The van der Waals surface area contributed by atoms with E-state index >= 15 is 0 Å². The van der Waals surface area contributed by atoms with Crippen LogP contribution in [0.15, 0.2) is 77.2 Å². The zero-order valence-electron chi connectivity index (χ0n) is 14.6. The lowest BCUT2D eigenvalue weighted by atomic mass is 10.1. The molecule has 0 amide bonds. The summed E-state index contributed by atoms with van der Waals surface area (Å²) < 4.78 is 6.18. The fraction of sp³-hybridized carbons (Fsp3) is 0.182. The second-order valence-corrected chi connectivity index (χ2v) is 7.06. The van der Waals surface area contributed by atoms with E-state index in [0.29, 0.717) is 0 Å². The molecule has 4 rings (SSSR count). The predicted octanol–water partition coefficient (Wildman–Crippen LogP) is 5.55. The Hall–Kier alpha value is -2.33. The van der Waals surface area contributed by atoms with E-state index < -0.39 is 0 Å². The van der Waals surface area contributed by atoms with Gasteiger partial charge < -0.3 is 4.42 Å². The van der Waals surface area contributed by atoms with Gasteiger partial charge in [0.25, 0.3) is 0 Å². The summed E-state index contributed by atoms with van der Waals surface area (Å²) in [7, 11) is 0. The average Bonchev–Trinajstić information content (AvgIpc) is 3.04. The highest BCUT2D eigenvalue weighted by molar-refractivity contribution is 6.20. The Labute approximate surface area is 158 Å². The first-order valence-corrected chi connectivity index (χ1v) is 9.23. The molecule has 0 spiro atoms. The molecule has 132 valence electrons. The molecule has 0 aliphatic carbocycles. The number of hydrogen-bond acceptors (Lipinski definition) is 3. The molecule has 26 heavy (non-hydrogen) atoms. The van der Waals surface area contributed by atoms with Crippen molar-refractivity contribution in [2.75, 3.05) is 0 Å². The van der Waals surface area contributed by atoms with Gasteiger partial charge in [0.05, 0.1) is 11.7 Å². The molecule has 1 heterocycles. The summed E-state index contributed by atoms with van der Waals surface area (Å²) in [6.07, 6.45) is -0.119. The highest BCUT2D eigenvalue weighted by Crippen LogP contribution is 2.33. The monoisotopic (exact) mass is 364 g/mol. The van der Waals surface area contributed by atoms with Gasteiger partial charge in [-0.1, -0.05) is 66.7 Å². The minimum absolute atomic E-state index is 0.119. The van der Waals surface area contributed by atoms with Crippen molar-refractivity contribution < 1.29 is 4.42 Å². The molecule has 0 aliphatic rings. The number of halogens is 1. The highest BCUT2D eigenvalue weighted by Gasteiger charge is 2.19. The van der Waals surface area contributed by atoms with Gasteiger partial charge in [0.1, 0.15) is 11.2 Å². The van der Waals surface area contributed by atoms with Crippen LogP contribution in [-0.4, -0.2) is 5.50 Å². The van der Waals surface area contributed by atoms with Crippen molar-refractivity contribution in [3.8, 4) is 0 Å². The van der Waals surface area contributed by atoms with Gasteiger partial charge in [0.15, 0.2) is 0 Å². The van der Waals surface area contributed by atoms with E-state index in [-0.39, 0.29) is 11.7 Å². The number of rotatable bonds is 6. The number of para-hydroxylation sites is 2. The zero-order valence-corrected chi connectivity index (χ0v) is 15.3. The van der Waals surface area contributed by atoms with Crippen molar-refractivity contribution in [3.05, 3.63) is 83.9 Å². The van der Waals surface area contributed by atoms with Crippen LogP contribution in [0.3, 0.4) is 0 Å². The maximum absolute atomic E-state index is 6.25. The van der Waals surface area contributed by atoms with Crippen molar-refractivity contribution in [2.45, 2.75) is 25.1 Å². The quantitative estimate of drug-likeness (QED) is 0.267. The molecule has 4 heteroatoms. The van der Waals surface area contributed by atoms with Crippen molar-refractivity contribution in [1.82, 2.24) is 10.6 Å². The standard InChI is InChI=1S/C22H21ClN2O/c1-15(23)25-22(24-14-16-8-3-2-4-9-16)19-12-7-11-18-17-10-5-6-13-20(17)26-21(18)19/h2-13,15,22,24-25H,14H2,1H3. The predicted molar refractivity (Wildman–Crippen MR) is 108 cm³/mol. The number of alkyl halides is 1. The van der Waals surface area contributed by atoms with Crippen LogP contribution in [0.1, 0.15) is 24.2 Å². The highest BCUT2D eigenvalue weighted by atomic mass is 35.5. The molecule has 0 radical (unpaired) electrons. The summed E-state index contributed by atoms with van der Waals surface area (Å²) in [5, 5.41) is 9.21. The average molecular weight is 365 g/mol. The Balaban J connectivity index is 1.72. The molecule has 0 saturated carbocycles. The van der Waals surface area contributed by atoms with Crippen molar-refractivity contribution in [2.24, 2.45) is 0 Å². The van der Waals surface area contributed by atoms with Gasteiger partial charge in [-0.25, -0.2) is 0 Å². The van der Waals surface area contributed by atoms with Gasteiger partial charge in [-0.2, -0.15) is 0 Å². The SMILES string of the molecule is CC(Cl)NC(NCc1ccccc1)c1cccc2c1oc1ccccc12. The van der Waals surface area contributed by atoms with Crippen LogP contribution in [0.25, 0.3) is 21.9 Å². The summed E-state index contributed by atoms with van der Waals surface area (Å²) in [6, 6.07) is 24.7. The first-order valence-electron chi connectivity index (χ1n) is 8.80. The third-order valence-electron chi connectivity index (χ3n) is 4.50. The first kappa shape index (κ1) is 17.1. The normalized spacial score (nSPS) is 13.9. The van der Waals surface area contributed by atoms with Gasteiger partial charge >= 0.3 is 0 Å². The van der Waals surface area contributed by atoms with Crippen LogP contribution in [0.2, 0.25) is 0 Å². The van der Waals surface area contributed by atoms with Crippen molar-refractivity contribution >= 4 is 33.5 Å². The molecule has 0 fully saturated rings. The van der Waals surface area contributed by atoms with E-state index in [9.17, 15) is 0 Å². The van der Waals surface area contributed by atoms with Gasteiger partial charge in [0.2, 0.25) is 0 Å². The van der Waals surface area contributed by atoms with E-state index in [4.69, 9.17) is 16.0 Å². The summed E-state index contributed by atoms with van der Waals surface area (Å²) in [4.78, 5) is 0. The molecule has 2 N–H and O–H groups in total. The van der Waals surface area contributed by atoms with Crippen molar-refractivity contribution in [3.63, 3.8) is 0 Å². The Kier molecular flexibility index (Phi) is 4.93. The molecule has 3 nitrogen and oxygen atoms in total. The van der Waals surface area contributed by atoms with Crippen LogP contribution < -0.4 is 10.6 Å². The van der Waals surface area contributed by atoms with E-state index in [1.54, 1.807) is 0 Å². The minimum atomic E-state index is -0.178. The molecule has 2 atom stereocenters. The van der Waals surface area contributed by atoms with E-state index in [0.717, 1.165) is 34.0 Å². The van der Waals surface area contributed by atoms with Gasteiger partial charge in [-0.3, -0.25) is 10.6 Å². The summed E-state index contributed by atoms with van der Waals surface area (Å²) in [6.45, 7) is 2.66. The Morgan fingerprint density at radius 2 is 1.62 bits per heavy atom. The molecule has 0 bridgehead atoms. The van der Waals surface area contributed by atoms with Gasteiger partial charge in [-0.15, -0.1) is 11.6 Å². The minimum Gasteiger partial charge on any atom is -0.456 e. The second-order valence-electron chi connectivity index (χ2n) is 6.40. The maximum atomic E-state index is 6.25. The summed E-state index contributed by atoms with van der Waals surface area (Å²) in [5.41, 5.74) is 3.89. The summed E-state index contributed by atoms with van der Waals surface area (Å²) >= 11 is 6.25.